The first-order valence-electron chi connectivity index (χ1n) is 12.0. The number of nitriles is 1. The molecule has 0 unspecified atom stereocenters. The van der Waals surface area contributed by atoms with Gasteiger partial charge in [-0.3, -0.25) is 19.5 Å². The summed E-state index contributed by atoms with van der Waals surface area (Å²) in [6.07, 6.45) is 4.55. The van der Waals surface area contributed by atoms with E-state index in [1.54, 1.807) is 48.5 Å². The summed E-state index contributed by atoms with van der Waals surface area (Å²) in [6, 6.07) is 17.1. The maximum atomic E-state index is 12.5. The first kappa shape index (κ1) is 26.8. The van der Waals surface area contributed by atoms with Gasteiger partial charge >= 0.3 is 0 Å². The van der Waals surface area contributed by atoms with Crippen molar-refractivity contribution in [3.05, 3.63) is 88.7 Å². The van der Waals surface area contributed by atoms with Gasteiger partial charge in [-0.1, -0.05) is 23.7 Å². The highest BCUT2D eigenvalue weighted by Crippen LogP contribution is 2.23. The van der Waals surface area contributed by atoms with Crippen LogP contribution in [0.1, 0.15) is 21.6 Å². The highest BCUT2D eigenvalue weighted by molar-refractivity contribution is 6.31. The second-order valence-electron chi connectivity index (χ2n) is 8.39. The Morgan fingerprint density at radius 3 is 2.76 bits per heavy atom. The molecule has 1 saturated heterocycles. The second kappa shape index (κ2) is 13.4. The first-order valence-corrected chi connectivity index (χ1v) is 12.4. The number of morpholine rings is 1. The summed E-state index contributed by atoms with van der Waals surface area (Å²) in [6.45, 7) is 4.43. The largest absolute Gasteiger partial charge is 0.457 e. The van der Waals surface area contributed by atoms with Crippen LogP contribution < -0.4 is 15.4 Å². The van der Waals surface area contributed by atoms with Crippen LogP contribution in [0.4, 0.5) is 5.69 Å². The lowest BCUT2D eigenvalue weighted by molar-refractivity contribution is -0.111. The fraction of sp³-hybridized carbons (Fsp3) is 0.214. The highest BCUT2D eigenvalue weighted by atomic mass is 35.5. The minimum Gasteiger partial charge on any atom is -0.457 e. The number of carbonyl (C=O) groups is 2. The van der Waals surface area contributed by atoms with Crippen molar-refractivity contribution >= 4 is 35.2 Å². The minimum absolute atomic E-state index is 0.263. The van der Waals surface area contributed by atoms with Crippen molar-refractivity contribution in [1.82, 2.24) is 15.2 Å². The Balaban J connectivity index is 1.32. The minimum atomic E-state index is -0.360. The van der Waals surface area contributed by atoms with Crippen molar-refractivity contribution in [3.63, 3.8) is 0 Å². The molecule has 9 nitrogen and oxygen atoms in total. The monoisotopic (exact) mass is 531 g/mol. The molecule has 10 heteroatoms. The fourth-order valence-corrected chi connectivity index (χ4v) is 3.86. The van der Waals surface area contributed by atoms with Crippen molar-refractivity contribution in [3.8, 4) is 17.6 Å². The quantitative estimate of drug-likeness (QED) is 0.399. The number of hydrogen-bond donors (Lipinski definition) is 2. The van der Waals surface area contributed by atoms with Gasteiger partial charge in [-0.25, -0.2) is 0 Å². The number of nitrogens with one attached hydrogen (secondary N) is 2. The molecule has 2 N–H and O–H groups in total. The van der Waals surface area contributed by atoms with Crippen LogP contribution in [0.3, 0.4) is 0 Å². The van der Waals surface area contributed by atoms with Gasteiger partial charge in [0, 0.05) is 50.2 Å². The van der Waals surface area contributed by atoms with Gasteiger partial charge in [0.05, 0.1) is 23.8 Å². The maximum absolute atomic E-state index is 12.5. The molecule has 1 aliphatic rings. The van der Waals surface area contributed by atoms with E-state index in [1.165, 1.54) is 18.3 Å². The van der Waals surface area contributed by atoms with Crippen LogP contribution in [0.25, 0.3) is 6.08 Å². The van der Waals surface area contributed by atoms with E-state index in [1.807, 2.05) is 12.1 Å². The van der Waals surface area contributed by atoms with Crippen molar-refractivity contribution in [2.45, 2.75) is 0 Å². The number of hydrogen-bond acceptors (Lipinski definition) is 7. The summed E-state index contributed by atoms with van der Waals surface area (Å²) in [5, 5.41) is 15.0. The van der Waals surface area contributed by atoms with Crippen LogP contribution in [-0.4, -0.2) is 61.1 Å². The molecule has 0 aliphatic carbocycles. The van der Waals surface area contributed by atoms with Crippen LogP contribution >= 0.6 is 11.6 Å². The van der Waals surface area contributed by atoms with E-state index in [-0.39, 0.29) is 23.1 Å². The second-order valence-corrected chi connectivity index (χ2v) is 8.80. The molecule has 1 aliphatic heterocycles. The predicted octanol–water partition coefficient (Wildman–Crippen LogP) is 4.11. The molecule has 2 aromatic carbocycles. The average Bonchev–Trinajstić information content (AvgIpc) is 2.94. The molecule has 0 radical (unpaired) electrons. The molecule has 38 heavy (non-hydrogen) atoms. The van der Waals surface area contributed by atoms with Gasteiger partial charge in [0.25, 0.3) is 5.91 Å². The van der Waals surface area contributed by atoms with Crippen molar-refractivity contribution in [2.24, 2.45) is 0 Å². The SMILES string of the molecule is N#Cc1cc(NC(=O)/C=C/c2cccc(Oc3ccnc(C(=O)NCCN4CCOCC4)c3)c2)ccc1Cl. The number of benzene rings is 2. The predicted molar refractivity (Wildman–Crippen MR) is 144 cm³/mol. The Morgan fingerprint density at radius 1 is 1.13 bits per heavy atom. The topological polar surface area (TPSA) is 117 Å². The number of anilines is 1. The summed E-state index contributed by atoms with van der Waals surface area (Å²) in [5.74, 6) is 0.372. The Bertz CT molecular complexity index is 1370. The smallest absolute Gasteiger partial charge is 0.270 e. The number of halogens is 1. The molecular formula is C28H26ClN5O4. The van der Waals surface area contributed by atoms with Gasteiger partial charge < -0.3 is 20.1 Å². The van der Waals surface area contributed by atoms with E-state index < -0.39 is 0 Å². The van der Waals surface area contributed by atoms with E-state index in [9.17, 15) is 9.59 Å². The Labute approximate surface area is 225 Å². The third kappa shape index (κ3) is 7.88. The summed E-state index contributed by atoms with van der Waals surface area (Å²) < 4.78 is 11.3. The molecule has 0 spiro atoms. The number of rotatable bonds is 9. The number of ether oxygens (including phenoxy) is 2. The molecule has 1 fully saturated rings. The van der Waals surface area contributed by atoms with E-state index >= 15 is 0 Å². The van der Waals surface area contributed by atoms with Crippen molar-refractivity contribution in [1.29, 1.82) is 5.26 Å². The summed E-state index contributed by atoms with van der Waals surface area (Å²) in [5.41, 5.74) is 1.75. The highest BCUT2D eigenvalue weighted by Gasteiger charge is 2.12. The van der Waals surface area contributed by atoms with Gasteiger partial charge in [0.2, 0.25) is 5.91 Å². The normalized spacial score (nSPS) is 13.6. The van der Waals surface area contributed by atoms with Crippen LogP contribution in [0, 0.1) is 11.3 Å². The summed E-state index contributed by atoms with van der Waals surface area (Å²) in [4.78, 5) is 31.2. The molecule has 2 amide bonds. The molecule has 0 saturated carbocycles. The number of amides is 2. The fourth-order valence-electron chi connectivity index (χ4n) is 3.70. The Kier molecular flexibility index (Phi) is 9.43. The van der Waals surface area contributed by atoms with Crippen LogP contribution in [0.5, 0.6) is 11.5 Å². The van der Waals surface area contributed by atoms with Gasteiger partial charge in [-0.2, -0.15) is 5.26 Å². The van der Waals surface area contributed by atoms with E-state index in [0.717, 1.165) is 25.2 Å². The van der Waals surface area contributed by atoms with Gasteiger partial charge in [-0.15, -0.1) is 0 Å². The van der Waals surface area contributed by atoms with E-state index in [2.05, 4.69) is 20.5 Å². The number of carbonyl (C=O) groups excluding carboxylic acids is 2. The Hall–Kier alpha value is -4.23. The van der Waals surface area contributed by atoms with E-state index in [4.69, 9.17) is 26.3 Å². The molecular weight excluding hydrogens is 506 g/mol. The number of aromatic nitrogens is 1. The summed E-state index contributed by atoms with van der Waals surface area (Å²) in [7, 11) is 0. The average molecular weight is 532 g/mol. The zero-order valence-corrected chi connectivity index (χ0v) is 21.3. The lowest BCUT2D eigenvalue weighted by Crippen LogP contribution is -2.41. The van der Waals surface area contributed by atoms with Crippen LogP contribution in [-0.2, 0) is 9.53 Å². The number of nitrogens with zero attached hydrogens (tertiary/aromatic N) is 3. The van der Waals surface area contributed by atoms with Crippen molar-refractivity contribution in [2.75, 3.05) is 44.7 Å². The van der Waals surface area contributed by atoms with Gasteiger partial charge in [0.15, 0.2) is 0 Å². The standard InChI is InChI=1S/C28H26ClN5O4/c29-25-6-5-22(17-21(25)19-30)33-27(35)7-4-20-2-1-3-23(16-20)38-24-8-9-31-26(18-24)28(36)32-10-11-34-12-14-37-15-13-34/h1-9,16-18H,10-15H2,(H,32,36)(H,33,35)/b7-4+. The van der Waals surface area contributed by atoms with E-state index in [0.29, 0.717) is 42.0 Å². The van der Waals surface area contributed by atoms with Crippen LogP contribution in [0.2, 0.25) is 5.02 Å². The molecule has 0 atom stereocenters. The molecule has 4 rings (SSSR count). The molecule has 3 aromatic rings. The zero-order chi connectivity index (χ0) is 26.7. The van der Waals surface area contributed by atoms with Crippen molar-refractivity contribution < 1.29 is 19.1 Å². The Morgan fingerprint density at radius 2 is 1.95 bits per heavy atom. The van der Waals surface area contributed by atoms with Crippen LogP contribution in [0.15, 0.2) is 66.9 Å². The lowest BCUT2D eigenvalue weighted by Gasteiger charge is -2.26. The maximum Gasteiger partial charge on any atom is 0.270 e. The van der Waals surface area contributed by atoms with Gasteiger partial charge in [-0.05, 0) is 48.0 Å². The molecule has 194 valence electrons. The first-order chi connectivity index (χ1) is 18.5. The molecule has 1 aromatic heterocycles. The zero-order valence-electron chi connectivity index (χ0n) is 20.5. The third-order valence-corrected chi connectivity index (χ3v) is 5.99. The molecule has 0 bridgehead atoms. The number of pyridine rings is 1. The third-order valence-electron chi connectivity index (χ3n) is 5.66. The lowest BCUT2D eigenvalue weighted by atomic mass is 10.2. The molecule has 2 heterocycles. The summed E-state index contributed by atoms with van der Waals surface area (Å²) >= 11 is 5.93. The van der Waals surface area contributed by atoms with Gasteiger partial charge in [0.1, 0.15) is 23.3 Å².